The first kappa shape index (κ1) is 19.9. The third-order valence-corrected chi connectivity index (χ3v) is 4.41. The van der Waals surface area contributed by atoms with Crippen LogP contribution in [0.4, 0.5) is 18.9 Å². The van der Waals surface area contributed by atoms with Crippen LogP contribution in [0.3, 0.4) is 0 Å². The fourth-order valence-electron chi connectivity index (χ4n) is 2.77. The standard InChI is InChI=1S/C21H16ClF3N2O/c22-16-4-1-14(2-5-16)3-8-20(28)27-17-6-7-18(15-9-11-26-12-10-15)19(13-17)21(23,24)25/h1-2,4-7,9-13H,3,8H2,(H,27,28). The third kappa shape index (κ3) is 5.10. The molecule has 1 heterocycles. The summed E-state index contributed by atoms with van der Waals surface area (Å²) in [7, 11) is 0. The van der Waals surface area contributed by atoms with E-state index in [9.17, 15) is 18.0 Å². The highest BCUT2D eigenvalue weighted by Crippen LogP contribution is 2.38. The summed E-state index contributed by atoms with van der Waals surface area (Å²) in [6.07, 6.45) is -1.08. The molecule has 144 valence electrons. The van der Waals surface area contributed by atoms with E-state index in [4.69, 9.17) is 11.6 Å². The Morgan fingerprint density at radius 1 is 1.00 bits per heavy atom. The molecular formula is C21H16ClF3N2O. The van der Waals surface area contributed by atoms with Gasteiger partial charge in [0.05, 0.1) is 5.56 Å². The first-order valence-corrected chi connectivity index (χ1v) is 8.86. The first-order chi connectivity index (χ1) is 13.3. The molecule has 7 heteroatoms. The Morgan fingerprint density at radius 2 is 1.68 bits per heavy atom. The Labute approximate surface area is 165 Å². The predicted molar refractivity (Wildman–Crippen MR) is 103 cm³/mol. The second-order valence-electron chi connectivity index (χ2n) is 6.17. The molecule has 1 aromatic heterocycles. The number of benzene rings is 2. The molecule has 3 rings (SSSR count). The average Bonchev–Trinajstić information content (AvgIpc) is 2.67. The van der Waals surface area contributed by atoms with Gasteiger partial charge in [-0.15, -0.1) is 0 Å². The SMILES string of the molecule is O=C(CCc1ccc(Cl)cc1)Nc1ccc(-c2ccncc2)c(C(F)(F)F)c1. The highest BCUT2D eigenvalue weighted by atomic mass is 35.5. The zero-order chi connectivity index (χ0) is 20.1. The molecule has 1 amide bonds. The molecule has 0 radical (unpaired) electrons. The van der Waals surface area contributed by atoms with Crippen molar-refractivity contribution in [3.63, 3.8) is 0 Å². The van der Waals surface area contributed by atoms with Crippen molar-refractivity contribution in [1.82, 2.24) is 4.98 Å². The van der Waals surface area contributed by atoms with Crippen LogP contribution in [0.5, 0.6) is 0 Å². The molecule has 2 aromatic carbocycles. The maximum Gasteiger partial charge on any atom is 0.417 e. The number of rotatable bonds is 5. The fourth-order valence-corrected chi connectivity index (χ4v) is 2.90. The van der Waals surface area contributed by atoms with Crippen molar-refractivity contribution in [3.8, 4) is 11.1 Å². The van der Waals surface area contributed by atoms with Crippen molar-refractivity contribution in [2.45, 2.75) is 19.0 Å². The summed E-state index contributed by atoms with van der Waals surface area (Å²) >= 11 is 5.82. The number of nitrogens with one attached hydrogen (secondary N) is 1. The van der Waals surface area contributed by atoms with Crippen LogP contribution in [0.2, 0.25) is 5.02 Å². The molecule has 0 aliphatic carbocycles. The summed E-state index contributed by atoms with van der Waals surface area (Å²) in [5.74, 6) is -0.361. The lowest BCUT2D eigenvalue weighted by Gasteiger charge is -2.15. The lowest BCUT2D eigenvalue weighted by molar-refractivity contribution is -0.137. The third-order valence-electron chi connectivity index (χ3n) is 4.15. The molecule has 28 heavy (non-hydrogen) atoms. The number of carbonyl (C=O) groups is 1. The molecule has 0 aliphatic heterocycles. The van der Waals surface area contributed by atoms with E-state index in [1.807, 2.05) is 0 Å². The number of hydrogen-bond acceptors (Lipinski definition) is 2. The normalized spacial score (nSPS) is 11.3. The molecule has 3 aromatic rings. The van der Waals surface area contributed by atoms with Crippen LogP contribution in [0.1, 0.15) is 17.5 Å². The summed E-state index contributed by atoms with van der Waals surface area (Å²) in [5, 5.41) is 3.14. The number of aryl methyl sites for hydroxylation is 1. The molecule has 0 unspecified atom stereocenters. The van der Waals surface area contributed by atoms with Crippen molar-refractivity contribution in [2.75, 3.05) is 5.32 Å². The van der Waals surface area contributed by atoms with E-state index < -0.39 is 11.7 Å². The lowest BCUT2D eigenvalue weighted by atomic mass is 9.99. The summed E-state index contributed by atoms with van der Waals surface area (Å²) in [6, 6.07) is 13.9. The Morgan fingerprint density at radius 3 is 2.32 bits per heavy atom. The maximum absolute atomic E-state index is 13.5. The second-order valence-corrected chi connectivity index (χ2v) is 6.61. The van der Waals surface area contributed by atoms with Crippen LogP contribution in [-0.2, 0) is 17.4 Å². The summed E-state index contributed by atoms with van der Waals surface area (Å²) in [4.78, 5) is 16.0. The topological polar surface area (TPSA) is 42.0 Å². The van der Waals surface area contributed by atoms with Crippen LogP contribution >= 0.6 is 11.6 Å². The number of aromatic nitrogens is 1. The minimum atomic E-state index is -4.55. The zero-order valence-corrected chi connectivity index (χ0v) is 15.4. The van der Waals surface area contributed by atoms with Gasteiger partial charge >= 0.3 is 6.18 Å². The molecule has 0 aliphatic rings. The number of amides is 1. The van der Waals surface area contributed by atoms with Gasteiger partial charge in [0.2, 0.25) is 5.91 Å². The van der Waals surface area contributed by atoms with Gasteiger partial charge < -0.3 is 5.32 Å². The average molecular weight is 405 g/mol. The highest BCUT2D eigenvalue weighted by molar-refractivity contribution is 6.30. The highest BCUT2D eigenvalue weighted by Gasteiger charge is 2.34. The number of halogens is 4. The molecule has 3 nitrogen and oxygen atoms in total. The smallest absolute Gasteiger partial charge is 0.326 e. The number of carbonyl (C=O) groups excluding carboxylic acids is 1. The van der Waals surface area contributed by atoms with Gasteiger partial charge in [0.15, 0.2) is 0 Å². The van der Waals surface area contributed by atoms with E-state index in [1.54, 1.807) is 24.3 Å². The van der Waals surface area contributed by atoms with Gasteiger partial charge in [-0.3, -0.25) is 9.78 Å². The van der Waals surface area contributed by atoms with Gasteiger partial charge in [-0.2, -0.15) is 13.2 Å². The monoisotopic (exact) mass is 404 g/mol. The Balaban J connectivity index is 1.75. The minimum absolute atomic E-state index is 0.0362. The lowest BCUT2D eigenvalue weighted by Crippen LogP contribution is -2.14. The van der Waals surface area contributed by atoms with E-state index in [-0.39, 0.29) is 23.6 Å². The number of alkyl halides is 3. The van der Waals surface area contributed by atoms with E-state index in [2.05, 4.69) is 10.3 Å². The van der Waals surface area contributed by atoms with Crippen LogP contribution in [0, 0.1) is 0 Å². The Bertz CT molecular complexity index is 958. The molecule has 0 saturated carbocycles. The Hall–Kier alpha value is -2.86. The van der Waals surface area contributed by atoms with Crippen LogP contribution in [0.15, 0.2) is 67.0 Å². The van der Waals surface area contributed by atoms with Gasteiger partial charge in [0.1, 0.15) is 0 Å². The fraction of sp³-hybridized carbons (Fsp3) is 0.143. The van der Waals surface area contributed by atoms with Crippen LogP contribution < -0.4 is 5.32 Å². The quantitative estimate of drug-likeness (QED) is 0.567. The van der Waals surface area contributed by atoms with Crippen molar-refractivity contribution < 1.29 is 18.0 Å². The van der Waals surface area contributed by atoms with Crippen molar-refractivity contribution in [2.24, 2.45) is 0 Å². The molecule has 0 fully saturated rings. The van der Waals surface area contributed by atoms with Crippen molar-refractivity contribution in [3.05, 3.63) is 83.1 Å². The van der Waals surface area contributed by atoms with E-state index in [1.165, 1.54) is 36.7 Å². The summed E-state index contributed by atoms with van der Waals surface area (Å²) < 4.78 is 40.5. The zero-order valence-electron chi connectivity index (χ0n) is 14.6. The van der Waals surface area contributed by atoms with Gasteiger partial charge in [0.25, 0.3) is 0 Å². The van der Waals surface area contributed by atoms with Gasteiger partial charge in [-0.25, -0.2) is 0 Å². The number of pyridine rings is 1. The van der Waals surface area contributed by atoms with E-state index in [0.29, 0.717) is 17.0 Å². The number of anilines is 1. The molecule has 0 spiro atoms. The van der Waals surface area contributed by atoms with Crippen molar-refractivity contribution in [1.29, 1.82) is 0 Å². The summed E-state index contributed by atoms with van der Waals surface area (Å²) in [5.41, 5.74) is 0.654. The van der Waals surface area contributed by atoms with Crippen molar-refractivity contribution >= 4 is 23.2 Å². The molecule has 0 atom stereocenters. The number of hydrogen-bond donors (Lipinski definition) is 1. The van der Waals surface area contributed by atoms with Gasteiger partial charge in [-0.05, 0) is 59.5 Å². The minimum Gasteiger partial charge on any atom is -0.326 e. The molecule has 1 N–H and O–H groups in total. The van der Waals surface area contributed by atoms with E-state index >= 15 is 0 Å². The molecular weight excluding hydrogens is 389 g/mol. The van der Waals surface area contributed by atoms with Gasteiger partial charge in [-0.1, -0.05) is 29.8 Å². The van der Waals surface area contributed by atoms with E-state index in [0.717, 1.165) is 11.6 Å². The first-order valence-electron chi connectivity index (χ1n) is 8.49. The predicted octanol–water partition coefficient (Wildman–Crippen LogP) is 5.99. The maximum atomic E-state index is 13.5. The van der Waals surface area contributed by atoms with Crippen LogP contribution in [0.25, 0.3) is 11.1 Å². The molecule has 0 saturated heterocycles. The largest absolute Gasteiger partial charge is 0.417 e. The molecule has 0 bridgehead atoms. The second kappa shape index (κ2) is 8.44. The van der Waals surface area contributed by atoms with Gasteiger partial charge in [0, 0.05) is 29.5 Å². The Kier molecular flexibility index (Phi) is 5.99. The number of nitrogens with zero attached hydrogens (tertiary/aromatic N) is 1. The van der Waals surface area contributed by atoms with Crippen LogP contribution in [-0.4, -0.2) is 10.9 Å². The summed E-state index contributed by atoms with van der Waals surface area (Å²) in [6.45, 7) is 0.